The zero-order valence-corrected chi connectivity index (χ0v) is 10.5. The van der Waals surface area contributed by atoms with Crippen molar-refractivity contribution in [1.29, 1.82) is 0 Å². The van der Waals surface area contributed by atoms with Crippen molar-refractivity contribution < 1.29 is 9.53 Å². The zero-order valence-electron chi connectivity index (χ0n) is 9.70. The molecule has 0 spiro atoms. The molecule has 2 nitrogen and oxygen atoms in total. The molecule has 1 aromatic carbocycles. The molecule has 0 N–H and O–H groups in total. The van der Waals surface area contributed by atoms with Gasteiger partial charge < -0.3 is 4.74 Å². The fourth-order valence-electron chi connectivity index (χ4n) is 1.45. The van der Waals surface area contributed by atoms with Crippen LogP contribution in [0.3, 0.4) is 0 Å². The number of rotatable bonds is 6. The summed E-state index contributed by atoms with van der Waals surface area (Å²) in [5.41, 5.74) is 0.608. The van der Waals surface area contributed by atoms with Gasteiger partial charge in [0, 0.05) is 10.6 Å². The third kappa shape index (κ3) is 4.33. The number of halogens is 1. The van der Waals surface area contributed by atoms with Gasteiger partial charge in [-0.15, -0.1) is 0 Å². The zero-order chi connectivity index (χ0) is 12.0. The molecule has 0 fully saturated rings. The predicted octanol–water partition coefficient (Wildman–Crippen LogP) is 3.73. The number of carbonyl (C=O) groups excluding carboxylic acids is 1. The molecule has 88 valence electrons. The molecule has 0 aliphatic carbocycles. The lowest BCUT2D eigenvalue weighted by Gasteiger charge is -2.11. The number of Topliss-reactive ketones (excluding diaryl/α,β-unsaturated/α-hetero) is 1. The van der Waals surface area contributed by atoms with Crippen LogP contribution in [0.4, 0.5) is 0 Å². The van der Waals surface area contributed by atoms with Crippen molar-refractivity contribution >= 4 is 17.4 Å². The molecular weight excluding hydrogens is 224 g/mol. The Bertz CT molecular complexity index is 350. The fourth-order valence-corrected chi connectivity index (χ4v) is 1.64. The Morgan fingerprint density at radius 2 is 2.25 bits per heavy atom. The Balaban J connectivity index is 2.47. The van der Waals surface area contributed by atoms with Crippen LogP contribution >= 0.6 is 11.6 Å². The first kappa shape index (κ1) is 13.2. The van der Waals surface area contributed by atoms with Crippen LogP contribution in [-0.2, 0) is 4.74 Å². The van der Waals surface area contributed by atoms with E-state index in [1.165, 1.54) is 0 Å². The van der Waals surface area contributed by atoms with E-state index in [9.17, 15) is 4.79 Å². The summed E-state index contributed by atoms with van der Waals surface area (Å²) in [4.78, 5) is 11.7. The van der Waals surface area contributed by atoms with Gasteiger partial charge in [-0.25, -0.2) is 0 Å². The second-order valence-corrected chi connectivity index (χ2v) is 4.28. The third-order valence-electron chi connectivity index (χ3n) is 2.34. The van der Waals surface area contributed by atoms with Crippen LogP contribution in [0.5, 0.6) is 0 Å². The molecule has 0 amide bonds. The first-order valence-corrected chi connectivity index (χ1v) is 5.91. The maximum Gasteiger partial charge on any atom is 0.188 e. The van der Waals surface area contributed by atoms with Gasteiger partial charge in [0.15, 0.2) is 5.78 Å². The number of ketones is 1. The Hall–Kier alpha value is -0.860. The summed E-state index contributed by atoms with van der Waals surface area (Å²) in [6, 6.07) is 6.93. The molecular formula is C13H17ClO2. The predicted molar refractivity (Wildman–Crippen MR) is 66.1 cm³/mol. The lowest BCUT2D eigenvalue weighted by Crippen LogP contribution is -2.15. The summed E-state index contributed by atoms with van der Waals surface area (Å²) in [5.74, 6) is -0.0227. The normalized spacial score (nSPS) is 12.4. The lowest BCUT2D eigenvalue weighted by atomic mass is 10.1. The third-order valence-corrected chi connectivity index (χ3v) is 2.58. The second-order valence-electron chi connectivity index (χ2n) is 3.84. The first-order valence-electron chi connectivity index (χ1n) is 5.54. The lowest BCUT2D eigenvalue weighted by molar-refractivity contribution is 0.0490. The van der Waals surface area contributed by atoms with Gasteiger partial charge in [0.2, 0.25) is 0 Å². The van der Waals surface area contributed by atoms with E-state index in [1.54, 1.807) is 24.3 Å². The van der Waals surface area contributed by atoms with Gasteiger partial charge >= 0.3 is 0 Å². The maximum absolute atomic E-state index is 11.7. The van der Waals surface area contributed by atoms with Gasteiger partial charge in [-0.2, -0.15) is 0 Å². The summed E-state index contributed by atoms with van der Waals surface area (Å²) < 4.78 is 5.45. The van der Waals surface area contributed by atoms with Gasteiger partial charge in [-0.3, -0.25) is 4.79 Å². The van der Waals surface area contributed by atoms with Crippen molar-refractivity contribution in [2.24, 2.45) is 0 Å². The molecule has 1 rings (SSSR count). The molecule has 0 heterocycles. The van der Waals surface area contributed by atoms with Crippen molar-refractivity contribution in [3.8, 4) is 0 Å². The maximum atomic E-state index is 11.7. The first-order chi connectivity index (χ1) is 7.63. The van der Waals surface area contributed by atoms with Crippen LogP contribution in [0.2, 0.25) is 5.02 Å². The summed E-state index contributed by atoms with van der Waals surface area (Å²) in [7, 11) is 0. The highest BCUT2D eigenvalue weighted by Crippen LogP contribution is 2.11. The van der Waals surface area contributed by atoms with E-state index < -0.39 is 0 Å². The topological polar surface area (TPSA) is 26.3 Å². The fraction of sp³-hybridized carbons (Fsp3) is 0.462. The average Bonchev–Trinajstić information content (AvgIpc) is 2.26. The smallest absolute Gasteiger partial charge is 0.188 e. The highest BCUT2D eigenvalue weighted by atomic mass is 35.5. The van der Waals surface area contributed by atoms with E-state index >= 15 is 0 Å². The molecule has 0 saturated carbocycles. The molecule has 0 aliphatic rings. The van der Waals surface area contributed by atoms with Crippen molar-refractivity contribution in [1.82, 2.24) is 0 Å². The Labute approximate surface area is 102 Å². The van der Waals surface area contributed by atoms with Crippen LogP contribution in [0.25, 0.3) is 0 Å². The highest BCUT2D eigenvalue weighted by Gasteiger charge is 2.08. The number of ether oxygens (including phenoxy) is 1. The summed E-state index contributed by atoms with van der Waals surface area (Å²) in [6.07, 6.45) is 2.17. The van der Waals surface area contributed by atoms with Gasteiger partial charge in [0.05, 0.1) is 6.10 Å². The van der Waals surface area contributed by atoms with Gasteiger partial charge in [0.1, 0.15) is 6.61 Å². The molecule has 1 atom stereocenters. The van der Waals surface area contributed by atoms with Gasteiger partial charge in [0.25, 0.3) is 0 Å². The Kier molecular flexibility index (Phi) is 5.50. The van der Waals surface area contributed by atoms with Crippen LogP contribution in [0.1, 0.15) is 37.0 Å². The molecule has 0 bridgehead atoms. The van der Waals surface area contributed by atoms with E-state index in [0.717, 1.165) is 12.8 Å². The molecule has 0 radical (unpaired) electrons. The monoisotopic (exact) mass is 240 g/mol. The van der Waals surface area contributed by atoms with E-state index in [0.29, 0.717) is 10.6 Å². The van der Waals surface area contributed by atoms with Crippen molar-refractivity contribution in [3.05, 3.63) is 34.9 Å². The molecule has 0 saturated heterocycles. The van der Waals surface area contributed by atoms with Gasteiger partial charge in [-0.05, 0) is 25.5 Å². The van der Waals surface area contributed by atoms with E-state index in [2.05, 4.69) is 6.92 Å². The van der Waals surface area contributed by atoms with E-state index in [-0.39, 0.29) is 18.5 Å². The Morgan fingerprint density at radius 3 is 2.88 bits per heavy atom. The van der Waals surface area contributed by atoms with E-state index in [1.807, 2.05) is 6.92 Å². The van der Waals surface area contributed by atoms with Crippen molar-refractivity contribution in [2.45, 2.75) is 32.8 Å². The Morgan fingerprint density at radius 1 is 1.50 bits per heavy atom. The van der Waals surface area contributed by atoms with Crippen LogP contribution in [0.15, 0.2) is 24.3 Å². The highest BCUT2D eigenvalue weighted by molar-refractivity contribution is 6.31. The van der Waals surface area contributed by atoms with Crippen LogP contribution in [0, 0.1) is 0 Å². The molecule has 3 heteroatoms. The van der Waals surface area contributed by atoms with Crippen LogP contribution < -0.4 is 0 Å². The molecule has 1 unspecified atom stereocenters. The minimum Gasteiger partial charge on any atom is -0.370 e. The number of carbonyl (C=O) groups is 1. The summed E-state index contributed by atoms with van der Waals surface area (Å²) in [6.45, 7) is 4.20. The SMILES string of the molecule is CCCC(C)OCC(=O)c1cccc(Cl)c1. The largest absolute Gasteiger partial charge is 0.370 e. The van der Waals surface area contributed by atoms with Crippen molar-refractivity contribution in [2.75, 3.05) is 6.61 Å². The number of hydrogen-bond acceptors (Lipinski definition) is 2. The molecule has 16 heavy (non-hydrogen) atoms. The molecule has 0 aromatic heterocycles. The second kappa shape index (κ2) is 6.66. The quantitative estimate of drug-likeness (QED) is 0.709. The molecule has 1 aromatic rings. The minimum absolute atomic E-state index is 0.0227. The number of benzene rings is 1. The van der Waals surface area contributed by atoms with Crippen molar-refractivity contribution in [3.63, 3.8) is 0 Å². The number of hydrogen-bond donors (Lipinski definition) is 0. The van der Waals surface area contributed by atoms with E-state index in [4.69, 9.17) is 16.3 Å². The standard InChI is InChI=1S/C13H17ClO2/c1-3-5-10(2)16-9-13(15)11-6-4-7-12(14)8-11/h4,6-8,10H,3,5,9H2,1-2H3. The summed E-state index contributed by atoms with van der Waals surface area (Å²) >= 11 is 5.81. The average molecular weight is 241 g/mol. The molecule has 0 aliphatic heterocycles. The minimum atomic E-state index is -0.0227. The van der Waals surface area contributed by atoms with Crippen LogP contribution in [-0.4, -0.2) is 18.5 Å². The summed E-state index contributed by atoms with van der Waals surface area (Å²) in [5, 5.41) is 0.576. The van der Waals surface area contributed by atoms with Gasteiger partial charge in [-0.1, -0.05) is 37.1 Å².